The van der Waals surface area contributed by atoms with Crippen molar-refractivity contribution in [2.75, 3.05) is 19.6 Å². The van der Waals surface area contributed by atoms with Crippen LogP contribution in [0.3, 0.4) is 0 Å². The van der Waals surface area contributed by atoms with Crippen molar-refractivity contribution in [3.8, 4) is 5.75 Å². The van der Waals surface area contributed by atoms with Crippen molar-refractivity contribution in [1.29, 1.82) is 0 Å². The van der Waals surface area contributed by atoms with Gasteiger partial charge in [-0.15, -0.1) is 0 Å². The average Bonchev–Trinajstić information content (AvgIpc) is 2.70. The molecule has 0 heterocycles. The second-order valence-electron chi connectivity index (χ2n) is 9.39. The van der Waals surface area contributed by atoms with E-state index in [2.05, 4.69) is 16.0 Å². The number of amides is 3. The van der Waals surface area contributed by atoms with E-state index in [1.54, 1.807) is 12.1 Å². The number of rotatable bonds is 8. The zero-order valence-corrected chi connectivity index (χ0v) is 17.3. The van der Waals surface area contributed by atoms with Crippen molar-refractivity contribution in [2.24, 2.45) is 23.2 Å². The Morgan fingerprint density at radius 1 is 0.933 bits per heavy atom. The maximum absolute atomic E-state index is 12.9. The summed E-state index contributed by atoms with van der Waals surface area (Å²) in [6.45, 7) is 0.844. The molecule has 4 saturated carbocycles. The Kier molecular flexibility index (Phi) is 5.97. The van der Waals surface area contributed by atoms with Crippen LogP contribution in [0, 0.1) is 23.2 Å². The summed E-state index contributed by atoms with van der Waals surface area (Å²) in [5.74, 6) is 1.75. The molecule has 0 atom stereocenters. The number of nitrogens with one attached hydrogen (secondary N) is 3. The molecule has 0 spiro atoms. The average molecular weight is 414 g/mol. The molecule has 1 aromatic carbocycles. The highest BCUT2D eigenvalue weighted by Gasteiger charge is 2.54. The number of aromatic hydroxyl groups is 1. The Bertz CT molecular complexity index is 787. The van der Waals surface area contributed by atoms with E-state index in [1.165, 1.54) is 31.4 Å². The number of benzene rings is 1. The summed E-state index contributed by atoms with van der Waals surface area (Å²) in [7, 11) is 0. The predicted molar refractivity (Wildman–Crippen MR) is 112 cm³/mol. The Hall–Kier alpha value is -2.57. The van der Waals surface area contributed by atoms with Gasteiger partial charge in [0.05, 0.1) is 6.54 Å². The van der Waals surface area contributed by atoms with Gasteiger partial charge in [0.25, 0.3) is 5.91 Å². The number of carbonyl (C=O) groups is 3. The first-order valence-corrected chi connectivity index (χ1v) is 11.1. The lowest BCUT2D eigenvalue weighted by Gasteiger charge is -2.55. The van der Waals surface area contributed by atoms with E-state index in [1.807, 2.05) is 0 Å². The maximum Gasteiger partial charge on any atom is 0.251 e. The Balaban J connectivity index is 1.12. The van der Waals surface area contributed by atoms with Crippen LogP contribution in [0.1, 0.15) is 55.3 Å². The number of phenols is 1. The molecule has 4 aliphatic carbocycles. The van der Waals surface area contributed by atoms with E-state index in [-0.39, 0.29) is 35.4 Å². The van der Waals surface area contributed by atoms with Gasteiger partial charge in [-0.3, -0.25) is 14.4 Å². The molecule has 4 N–H and O–H groups in total. The SMILES string of the molecule is O=C(CNC(=O)C12CC3CC(CC(C3)C1)C2)NCCCNC(=O)c1cccc(O)c1. The van der Waals surface area contributed by atoms with Gasteiger partial charge in [-0.05, 0) is 80.9 Å². The summed E-state index contributed by atoms with van der Waals surface area (Å²) in [5.41, 5.74) is 0.164. The first-order valence-electron chi connectivity index (χ1n) is 11.1. The fourth-order valence-electron chi connectivity index (χ4n) is 6.07. The van der Waals surface area contributed by atoms with E-state index in [0.717, 1.165) is 19.3 Å². The highest BCUT2D eigenvalue weighted by molar-refractivity contribution is 5.94. The Morgan fingerprint density at radius 2 is 1.57 bits per heavy atom. The summed E-state index contributed by atoms with van der Waals surface area (Å²) in [6.07, 6.45) is 7.42. The molecule has 3 amide bonds. The lowest BCUT2D eigenvalue weighted by Crippen LogP contribution is -2.54. The number of hydrogen-bond acceptors (Lipinski definition) is 4. The van der Waals surface area contributed by atoms with Crippen molar-refractivity contribution in [3.05, 3.63) is 29.8 Å². The Labute approximate surface area is 177 Å². The minimum Gasteiger partial charge on any atom is -0.508 e. The van der Waals surface area contributed by atoms with Crippen molar-refractivity contribution in [1.82, 2.24) is 16.0 Å². The minimum absolute atomic E-state index is 0.0102. The highest BCUT2D eigenvalue weighted by Crippen LogP contribution is 2.60. The van der Waals surface area contributed by atoms with Crippen LogP contribution in [0.15, 0.2) is 24.3 Å². The smallest absolute Gasteiger partial charge is 0.251 e. The topological polar surface area (TPSA) is 108 Å². The van der Waals surface area contributed by atoms with Crippen LogP contribution >= 0.6 is 0 Å². The first-order chi connectivity index (χ1) is 14.4. The quantitative estimate of drug-likeness (QED) is 0.489. The molecule has 30 heavy (non-hydrogen) atoms. The van der Waals surface area contributed by atoms with Crippen LogP contribution in [-0.2, 0) is 9.59 Å². The van der Waals surface area contributed by atoms with Crippen LogP contribution in [0.5, 0.6) is 5.75 Å². The molecule has 1 aromatic rings. The monoisotopic (exact) mass is 413 g/mol. The summed E-state index contributed by atoms with van der Waals surface area (Å²) in [5, 5.41) is 17.8. The molecule has 0 radical (unpaired) electrons. The molecular weight excluding hydrogens is 382 g/mol. The third-order valence-corrected chi connectivity index (χ3v) is 7.00. The van der Waals surface area contributed by atoms with Gasteiger partial charge in [0.1, 0.15) is 5.75 Å². The van der Waals surface area contributed by atoms with Gasteiger partial charge in [0.15, 0.2) is 0 Å². The second kappa shape index (κ2) is 8.66. The fourth-order valence-corrected chi connectivity index (χ4v) is 6.07. The van der Waals surface area contributed by atoms with Gasteiger partial charge < -0.3 is 21.1 Å². The van der Waals surface area contributed by atoms with Gasteiger partial charge in [0.2, 0.25) is 11.8 Å². The third-order valence-electron chi connectivity index (χ3n) is 7.00. The lowest BCUT2D eigenvalue weighted by atomic mass is 9.49. The molecule has 0 saturated heterocycles. The minimum atomic E-state index is -0.264. The molecule has 7 nitrogen and oxygen atoms in total. The largest absolute Gasteiger partial charge is 0.508 e. The van der Waals surface area contributed by atoms with Crippen LogP contribution in [0.25, 0.3) is 0 Å². The van der Waals surface area contributed by atoms with Crippen molar-refractivity contribution < 1.29 is 19.5 Å². The van der Waals surface area contributed by atoms with Crippen LogP contribution < -0.4 is 16.0 Å². The van der Waals surface area contributed by atoms with Crippen molar-refractivity contribution in [2.45, 2.75) is 44.9 Å². The molecule has 0 aromatic heterocycles. The lowest BCUT2D eigenvalue weighted by molar-refractivity contribution is -0.147. The van der Waals surface area contributed by atoms with E-state index >= 15 is 0 Å². The van der Waals surface area contributed by atoms with Gasteiger partial charge in [-0.1, -0.05) is 6.07 Å². The highest BCUT2D eigenvalue weighted by atomic mass is 16.3. The molecule has 7 heteroatoms. The first kappa shape index (κ1) is 20.7. The summed E-state index contributed by atoms with van der Waals surface area (Å²) in [4.78, 5) is 36.9. The number of carbonyl (C=O) groups excluding carboxylic acids is 3. The van der Waals surface area contributed by atoms with E-state index in [9.17, 15) is 19.5 Å². The molecule has 0 aliphatic heterocycles. The molecular formula is C23H31N3O4. The molecule has 162 valence electrons. The standard InChI is InChI=1S/C23H31N3O4/c27-19-4-1-3-18(10-19)21(29)25-6-2-5-24-20(28)14-26-22(30)23-11-15-7-16(12-23)9-17(8-15)13-23/h1,3-4,10,15-17,27H,2,5-9,11-14H2,(H,24,28)(H,25,29)(H,26,30). The van der Waals surface area contributed by atoms with Crippen LogP contribution in [-0.4, -0.2) is 42.5 Å². The van der Waals surface area contributed by atoms with E-state index in [4.69, 9.17) is 0 Å². The number of hydrogen-bond donors (Lipinski definition) is 4. The molecule has 4 fully saturated rings. The van der Waals surface area contributed by atoms with Gasteiger partial charge in [0, 0.05) is 24.1 Å². The Morgan fingerprint density at radius 3 is 2.20 bits per heavy atom. The maximum atomic E-state index is 12.9. The van der Waals surface area contributed by atoms with Crippen LogP contribution in [0.4, 0.5) is 0 Å². The van der Waals surface area contributed by atoms with E-state index < -0.39 is 0 Å². The van der Waals surface area contributed by atoms with Crippen molar-refractivity contribution >= 4 is 17.7 Å². The number of phenolic OH excluding ortho intramolecular Hbond substituents is 1. The normalized spacial score (nSPS) is 28.7. The third kappa shape index (κ3) is 4.60. The van der Waals surface area contributed by atoms with Gasteiger partial charge in [-0.25, -0.2) is 0 Å². The molecule has 4 bridgehead atoms. The molecule has 4 aliphatic rings. The van der Waals surface area contributed by atoms with Crippen molar-refractivity contribution in [3.63, 3.8) is 0 Å². The summed E-state index contributed by atoms with van der Waals surface area (Å²) < 4.78 is 0. The summed E-state index contributed by atoms with van der Waals surface area (Å²) in [6, 6.07) is 6.16. The molecule has 5 rings (SSSR count). The second-order valence-corrected chi connectivity index (χ2v) is 9.39. The van der Waals surface area contributed by atoms with E-state index in [0.29, 0.717) is 42.8 Å². The zero-order valence-electron chi connectivity index (χ0n) is 17.3. The fraction of sp³-hybridized carbons (Fsp3) is 0.609. The van der Waals surface area contributed by atoms with Gasteiger partial charge in [-0.2, -0.15) is 0 Å². The predicted octanol–water partition coefficient (Wildman–Crippen LogP) is 1.96. The van der Waals surface area contributed by atoms with Crippen LogP contribution in [0.2, 0.25) is 0 Å². The zero-order chi connectivity index (χ0) is 21.1. The van der Waals surface area contributed by atoms with Gasteiger partial charge >= 0.3 is 0 Å². The molecule has 0 unspecified atom stereocenters. The summed E-state index contributed by atoms with van der Waals surface area (Å²) >= 11 is 0.